The number of amides is 1. The van der Waals surface area contributed by atoms with Crippen LogP contribution in [0.3, 0.4) is 0 Å². The number of halogens is 1. The highest BCUT2D eigenvalue weighted by Crippen LogP contribution is 2.38. The lowest BCUT2D eigenvalue weighted by Gasteiger charge is -2.38. The van der Waals surface area contributed by atoms with Crippen molar-refractivity contribution in [1.29, 1.82) is 0 Å². The monoisotopic (exact) mass is 351 g/mol. The molecule has 3 aromatic rings. The second-order valence-corrected chi connectivity index (χ2v) is 6.63. The van der Waals surface area contributed by atoms with Gasteiger partial charge in [-0.25, -0.2) is 9.37 Å². The van der Waals surface area contributed by atoms with E-state index in [4.69, 9.17) is 0 Å². The van der Waals surface area contributed by atoms with E-state index in [1.54, 1.807) is 18.2 Å². The van der Waals surface area contributed by atoms with Crippen molar-refractivity contribution < 1.29 is 14.3 Å². The lowest BCUT2D eigenvalue weighted by molar-refractivity contribution is 0.0234. The topological polar surface area (TPSA) is 75.1 Å². The summed E-state index contributed by atoms with van der Waals surface area (Å²) in [5, 5.41) is 12.6. The molecular weight excluding hydrogens is 333 g/mol. The van der Waals surface area contributed by atoms with Crippen LogP contribution in [0.25, 0.3) is 11.0 Å². The standard InChI is InChI=1S/C20H18FN3O2/c21-14-7-5-12(6-8-14)19(13-9-15(25)10-13)24-20(26)18-11-22-16-3-1-2-4-17(16)23-18/h1-8,11,13,15,19,25H,9-10H2,(H,24,26)/t13?,15?,19-/m1/s1. The molecule has 1 aliphatic carbocycles. The molecule has 0 saturated heterocycles. The van der Waals surface area contributed by atoms with Crippen molar-refractivity contribution in [2.75, 3.05) is 0 Å². The Morgan fingerprint density at radius 3 is 2.50 bits per heavy atom. The molecule has 4 rings (SSSR count). The molecule has 26 heavy (non-hydrogen) atoms. The van der Waals surface area contributed by atoms with Crippen LogP contribution in [-0.4, -0.2) is 27.1 Å². The zero-order chi connectivity index (χ0) is 18.1. The molecule has 1 atom stereocenters. The maximum Gasteiger partial charge on any atom is 0.271 e. The fraction of sp³-hybridized carbons (Fsp3) is 0.250. The first kappa shape index (κ1) is 16.6. The van der Waals surface area contributed by atoms with Crippen molar-refractivity contribution in [2.45, 2.75) is 25.0 Å². The van der Waals surface area contributed by atoms with Crippen LogP contribution in [0.1, 0.15) is 34.9 Å². The first-order valence-corrected chi connectivity index (χ1v) is 8.56. The third kappa shape index (κ3) is 3.28. The Morgan fingerprint density at radius 2 is 1.81 bits per heavy atom. The van der Waals surface area contributed by atoms with Crippen molar-refractivity contribution in [1.82, 2.24) is 15.3 Å². The highest BCUT2D eigenvalue weighted by Gasteiger charge is 2.36. The fourth-order valence-corrected chi connectivity index (χ4v) is 3.33. The summed E-state index contributed by atoms with van der Waals surface area (Å²) in [6.07, 6.45) is 2.31. The quantitative estimate of drug-likeness (QED) is 0.758. The molecule has 2 aromatic carbocycles. The van der Waals surface area contributed by atoms with E-state index in [9.17, 15) is 14.3 Å². The molecule has 0 radical (unpaired) electrons. The van der Waals surface area contributed by atoms with Gasteiger partial charge >= 0.3 is 0 Å². The Morgan fingerprint density at radius 1 is 1.12 bits per heavy atom. The molecule has 132 valence electrons. The average molecular weight is 351 g/mol. The number of aliphatic hydroxyl groups excluding tert-OH is 1. The molecule has 1 amide bonds. The third-order valence-corrected chi connectivity index (χ3v) is 4.82. The molecule has 1 aromatic heterocycles. The highest BCUT2D eigenvalue weighted by molar-refractivity contribution is 5.94. The van der Waals surface area contributed by atoms with Gasteiger partial charge in [-0.2, -0.15) is 0 Å². The Labute approximate surface area is 149 Å². The number of aliphatic hydroxyl groups is 1. The summed E-state index contributed by atoms with van der Waals surface area (Å²) >= 11 is 0. The van der Waals surface area contributed by atoms with Gasteiger partial charge in [0, 0.05) is 0 Å². The molecule has 0 spiro atoms. The number of aromatic nitrogens is 2. The molecule has 0 unspecified atom stereocenters. The van der Waals surface area contributed by atoms with Crippen LogP contribution < -0.4 is 5.32 Å². The lowest BCUT2D eigenvalue weighted by Crippen LogP contribution is -2.41. The van der Waals surface area contributed by atoms with Gasteiger partial charge in [-0.15, -0.1) is 0 Å². The number of carbonyl (C=O) groups is 1. The molecule has 1 aliphatic rings. The summed E-state index contributed by atoms with van der Waals surface area (Å²) in [5.74, 6) is -0.556. The number of para-hydroxylation sites is 2. The molecular formula is C20H18FN3O2. The van der Waals surface area contributed by atoms with Crippen molar-refractivity contribution in [3.8, 4) is 0 Å². The summed E-state index contributed by atoms with van der Waals surface area (Å²) in [7, 11) is 0. The number of rotatable bonds is 4. The summed E-state index contributed by atoms with van der Waals surface area (Å²) in [4.78, 5) is 21.4. The molecule has 1 fully saturated rings. The van der Waals surface area contributed by atoms with Gasteiger partial charge in [-0.3, -0.25) is 9.78 Å². The van der Waals surface area contributed by atoms with Crippen LogP contribution in [0, 0.1) is 11.7 Å². The van der Waals surface area contributed by atoms with E-state index in [1.807, 2.05) is 18.2 Å². The molecule has 0 bridgehead atoms. The number of fused-ring (bicyclic) bond motifs is 1. The van der Waals surface area contributed by atoms with E-state index in [0.29, 0.717) is 18.4 Å². The van der Waals surface area contributed by atoms with Crippen LogP contribution in [0.15, 0.2) is 54.7 Å². The van der Waals surface area contributed by atoms with Crippen molar-refractivity contribution in [2.24, 2.45) is 5.92 Å². The minimum absolute atomic E-state index is 0.104. The van der Waals surface area contributed by atoms with Crippen LogP contribution in [0.2, 0.25) is 0 Å². The third-order valence-electron chi connectivity index (χ3n) is 4.82. The Hall–Kier alpha value is -2.86. The Kier molecular flexibility index (Phi) is 4.34. The SMILES string of the molecule is O=C(N[C@H](c1ccc(F)cc1)C1CC(O)C1)c1cnc2ccccc2n1. The first-order valence-electron chi connectivity index (χ1n) is 8.56. The molecule has 2 N–H and O–H groups in total. The van der Waals surface area contributed by atoms with Gasteiger partial charge in [0.05, 0.1) is 29.4 Å². The predicted octanol–water partition coefficient (Wildman–Crippen LogP) is 3.01. The minimum atomic E-state index is -0.347. The van der Waals surface area contributed by atoms with E-state index >= 15 is 0 Å². The summed E-state index contributed by atoms with van der Waals surface area (Å²) in [6.45, 7) is 0. The minimum Gasteiger partial charge on any atom is -0.393 e. The van der Waals surface area contributed by atoms with Gasteiger partial charge in [-0.05, 0) is 48.6 Å². The van der Waals surface area contributed by atoms with E-state index in [1.165, 1.54) is 18.3 Å². The Bertz CT molecular complexity index is 939. The fourth-order valence-electron chi connectivity index (χ4n) is 3.33. The van der Waals surface area contributed by atoms with Gasteiger partial charge in [0.1, 0.15) is 11.5 Å². The molecule has 6 heteroatoms. The van der Waals surface area contributed by atoms with Gasteiger partial charge in [-0.1, -0.05) is 24.3 Å². The number of nitrogens with one attached hydrogen (secondary N) is 1. The number of carbonyl (C=O) groups excluding carboxylic acids is 1. The van der Waals surface area contributed by atoms with Gasteiger partial charge in [0.2, 0.25) is 0 Å². The zero-order valence-electron chi connectivity index (χ0n) is 14.0. The van der Waals surface area contributed by atoms with Gasteiger partial charge in [0.15, 0.2) is 0 Å². The van der Waals surface area contributed by atoms with Crippen molar-refractivity contribution in [3.63, 3.8) is 0 Å². The molecule has 1 saturated carbocycles. The van der Waals surface area contributed by atoms with Crippen molar-refractivity contribution in [3.05, 3.63) is 71.8 Å². The number of benzene rings is 2. The highest BCUT2D eigenvalue weighted by atomic mass is 19.1. The first-order chi connectivity index (χ1) is 12.6. The summed E-state index contributed by atoms with van der Waals surface area (Å²) < 4.78 is 13.2. The number of hydrogen-bond donors (Lipinski definition) is 2. The number of nitrogens with zero attached hydrogens (tertiary/aromatic N) is 2. The van der Waals surface area contributed by atoms with Crippen LogP contribution in [0.4, 0.5) is 4.39 Å². The summed E-state index contributed by atoms with van der Waals surface area (Å²) in [6, 6.07) is 13.1. The van der Waals surface area contributed by atoms with E-state index < -0.39 is 0 Å². The largest absolute Gasteiger partial charge is 0.393 e. The van der Waals surface area contributed by atoms with Crippen molar-refractivity contribution >= 4 is 16.9 Å². The van der Waals surface area contributed by atoms with Crippen LogP contribution in [0.5, 0.6) is 0 Å². The predicted molar refractivity (Wildman–Crippen MR) is 94.9 cm³/mol. The van der Waals surface area contributed by atoms with E-state index in [0.717, 1.165) is 11.1 Å². The lowest BCUT2D eigenvalue weighted by atomic mass is 9.75. The smallest absolute Gasteiger partial charge is 0.271 e. The second kappa shape index (κ2) is 6.80. The molecule has 0 aliphatic heterocycles. The van der Waals surface area contributed by atoms with Crippen LogP contribution >= 0.6 is 0 Å². The molecule has 5 nitrogen and oxygen atoms in total. The normalized spacial score (nSPS) is 20.4. The van der Waals surface area contributed by atoms with E-state index in [-0.39, 0.29) is 35.5 Å². The van der Waals surface area contributed by atoms with E-state index in [2.05, 4.69) is 15.3 Å². The zero-order valence-corrected chi connectivity index (χ0v) is 14.0. The maximum atomic E-state index is 13.2. The maximum absolute atomic E-state index is 13.2. The molecule has 1 heterocycles. The van der Waals surface area contributed by atoms with Crippen LogP contribution in [-0.2, 0) is 0 Å². The van der Waals surface area contributed by atoms with Gasteiger partial charge in [0.25, 0.3) is 5.91 Å². The average Bonchev–Trinajstić information content (AvgIpc) is 2.64. The second-order valence-electron chi connectivity index (χ2n) is 6.63. The van der Waals surface area contributed by atoms with Gasteiger partial charge < -0.3 is 10.4 Å². The summed E-state index contributed by atoms with van der Waals surface area (Å²) in [5.41, 5.74) is 2.42. The Balaban J connectivity index is 1.59. The number of hydrogen-bond acceptors (Lipinski definition) is 4.